The van der Waals surface area contributed by atoms with Gasteiger partial charge in [-0.2, -0.15) is 0 Å². The first kappa shape index (κ1) is 14.8. The molecule has 2 N–H and O–H groups in total. The molecule has 2 heterocycles. The molecule has 2 aliphatic heterocycles. The second-order valence-electron chi connectivity index (χ2n) is 6.65. The number of fused-ring (bicyclic) bond motifs is 1. The van der Waals surface area contributed by atoms with Crippen LogP contribution in [0.5, 0.6) is 0 Å². The van der Waals surface area contributed by atoms with Crippen molar-refractivity contribution in [3.05, 3.63) is 0 Å². The topological polar surface area (TPSA) is 49.6 Å². The molecule has 2 aliphatic rings. The molecule has 0 aromatic carbocycles. The molecule has 0 bridgehead atoms. The van der Waals surface area contributed by atoms with Crippen molar-refractivity contribution in [3.8, 4) is 0 Å². The molecular weight excluding hydrogens is 238 g/mol. The number of rotatable bonds is 3. The first-order chi connectivity index (χ1) is 8.99. The van der Waals surface area contributed by atoms with Gasteiger partial charge in [0.15, 0.2) is 0 Å². The Balaban J connectivity index is 1.94. The zero-order chi connectivity index (χ0) is 14.0. The second-order valence-corrected chi connectivity index (χ2v) is 6.65. The minimum absolute atomic E-state index is 0.0101. The summed E-state index contributed by atoms with van der Waals surface area (Å²) in [5.74, 6) is 0.620. The number of carbonyl (C=O) groups excluding carboxylic acids is 1. The van der Waals surface area contributed by atoms with Crippen LogP contribution in [0.4, 0.5) is 0 Å². The van der Waals surface area contributed by atoms with Gasteiger partial charge in [0.2, 0.25) is 5.91 Å². The van der Waals surface area contributed by atoms with Crippen LogP contribution in [0.2, 0.25) is 0 Å². The molecule has 4 heteroatoms. The van der Waals surface area contributed by atoms with Crippen molar-refractivity contribution in [2.24, 2.45) is 11.7 Å². The predicted molar refractivity (Wildman–Crippen MR) is 77.8 cm³/mol. The van der Waals surface area contributed by atoms with Crippen LogP contribution in [0, 0.1) is 5.92 Å². The van der Waals surface area contributed by atoms with Crippen LogP contribution in [0.15, 0.2) is 0 Å². The van der Waals surface area contributed by atoms with Gasteiger partial charge in [-0.15, -0.1) is 0 Å². The quantitative estimate of drug-likeness (QED) is 0.842. The van der Waals surface area contributed by atoms with Gasteiger partial charge in [0, 0.05) is 37.6 Å². The first-order valence-electron chi connectivity index (χ1n) is 7.78. The highest BCUT2D eigenvalue weighted by molar-refractivity contribution is 5.77. The van der Waals surface area contributed by atoms with Gasteiger partial charge >= 0.3 is 0 Å². The SMILES string of the molecule is CC(C)C(N)CC(=O)N1CC2CCCCN2CC1C. The maximum absolute atomic E-state index is 12.4. The van der Waals surface area contributed by atoms with E-state index in [0.717, 1.165) is 13.1 Å². The fraction of sp³-hybridized carbons (Fsp3) is 0.933. The normalized spacial score (nSPS) is 30.3. The maximum atomic E-state index is 12.4. The van der Waals surface area contributed by atoms with E-state index in [1.807, 2.05) is 0 Å². The van der Waals surface area contributed by atoms with Crippen LogP contribution in [0.3, 0.4) is 0 Å². The predicted octanol–water partition coefficient (Wildman–Crippen LogP) is 1.45. The highest BCUT2D eigenvalue weighted by Gasteiger charge is 2.35. The summed E-state index contributed by atoms with van der Waals surface area (Å²) in [4.78, 5) is 17.1. The van der Waals surface area contributed by atoms with Crippen LogP contribution < -0.4 is 5.73 Å². The molecule has 0 spiro atoms. The lowest BCUT2D eigenvalue weighted by atomic mass is 9.95. The number of nitrogens with two attached hydrogens (primary N) is 1. The van der Waals surface area contributed by atoms with E-state index in [9.17, 15) is 4.79 Å². The number of carbonyl (C=O) groups is 1. The molecule has 19 heavy (non-hydrogen) atoms. The zero-order valence-corrected chi connectivity index (χ0v) is 12.6. The monoisotopic (exact) mass is 267 g/mol. The van der Waals surface area contributed by atoms with Crippen LogP contribution in [-0.4, -0.2) is 53.5 Å². The number of hydrogen-bond acceptors (Lipinski definition) is 3. The number of piperazine rings is 1. The average molecular weight is 267 g/mol. The lowest BCUT2D eigenvalue weighted by Crippen LogP contribution is -2.60. The molecule has 0 aliphatic carbocycles. The minimum atomic E-state index is -0.0101. The van der Waals surface area contributed by atoms with E-state index in [4.69, 9.17) is 5.73 Å². The third kappa shape index (κ3) is 3.48. The lowest BCUT2D eigenvalue weighted by Gasteiger charge is -2.47. The Kier molecular flexibility index (Phi) is 4.85. The lowest BCUT2D eigenvalue weighted by molar-refractivity contribution is -0.138. The van der Waals surface area contributed by atoms with Gasteiger partial charge in [0.25, 0.3) is 0 Å². The summed E-state index contributed by atoms with van der Waals surface area (Å²) < 4.78 is 0. The van der Waals surface area contributed by atoms with Crippen LogP contribution in [0.25, 0.3) is 0 Å². The Labute approximate surface area is 117 Å². The minimum Gasteiger partial charge on any atom is -0.337 e. The number of amides is 1. The van der Waals surface area contributed by atoms with E-state index >= 15 is 0 Å². The Bertz CT molecular complexity index is 319. The van der Waals surface area contributed by atoms with Gasteiger partial charge in [-0.25, -0.2) is 0 Å². The maximum Gasteiger partial charge on any atom is 0.224 e. The summed E-state index contributed by atoms with van der Waals surface area (Å²) in [5.41, 5.74) is 6.04. The standard InChI is InChI=1S/C15H29N3O/c1-11(2)14(16)8-15(19)18-10-13-6-4-5-7-17(13)9-12(18)3/h11-14H,4-10,16H2,1-3H3. The van der Waals surface area contributed by atoms with Crippen LogP contribution >= 0.6 is 0 Å². The van der Waals surface area contributed by atoms with E-state index in [0.29, 0.717) is 24.4 Å². The van der Waals surface area contributed by atoms with Crippen molar-refractivity contribution in [1.29, 1.82) is 0 Å². The van der Waals surface area contributed by atoms with Crippen molar-refractivity contribution < 1.29 is 4.79 Å². The smallest absolute Gasteiger partial charge is 0.224 e. The number of hydrogen-bond donors (Lipinski definition) is 1. The average Bonchev–Trinajstić information content (AvgIpc) is 2.37. The van der Waals surface area contributed by atoms with Crippen LogP contribution in [-0.2, 0) is 4.79 Å². The van der Waals surface area contributed by atoms with Gasteiger partial charge in [-0.1, -0.05) is 20.3 Å². The van der Waals surface area contributed by atoms with Crippen molar-refractivity contribution in [2.45, 2.75) is 64.6 Å². The summed E-state index contributed by atoms with van der Waals surface area (Å²) in [5, 5.41) is 0. The Hall–Kier alpha value is -0.610. The third-order valence-corrected chi connectivity index (χ3v) is 4.77. The van der Waals surface area contributed by atoms with Gasteiger partial charge in [0.05, 0.1) is 0 Å². The fourth-order valence-electron chi connectivity index (χ4n) is 3.25. The molecule has 0 saturated carbocycles. The molecule has 1 amide bonds. The summed E-state index contributed by atoms with van der Waals surface area (Å²) in [7, 11) is 0. The Morgan fingerprint density at radius 1 is 1.32 bits per heavy atom. The zero-order valence-electron chi connectivity index (χ0n) is 12.6. The van der Waals surface area contributed by atoms with Gasteiger partial charge in [0.1, 0.15) is 0 Å². The van der Waals surface area contributed by atoms with Crippen molar-refractivity contribution in [1.82, 2.24) is 9.80 Å². The van der Waals surface area contributed by atoms with E-state index in [-0.39, 0.29) is 11.9 Å². The van der Waals surface area contributed by atoms with Crippen LogP contribution in [0.1, 0.15) is 46.5 Å². The van der Waals surface area contributed by atoms with Crippen molar-refractivity contribution in [3.63, 3.8) is 0 Å². The Morgan fingerprint density at radius 2 is 2.05 bits per heavy atom. The highest BCUT2D eigenvalue weighted by Crippen LogP contribution is 2.24. The largest absolute Gasteiger partial charge is 0.337 e. The molecule has 2 fully saturated rings. The van der Waals surface area contributed by atoms with E-state index < -0.39 is 0 Å². The molecule has 0 aromatic heterocycles. The van der Waals surface area contributed by atoms with E-state index in [1.54, 1.807) is 0 Å². The van der Waals surface area contributed by atoms with E-state index in [2.05, 4.69) is 30.6 Å². The molecule has 0 aromatic rings. The molecule has 2 rings (SSSR count). The summed E-state index contributed by atoms with van der Waals surface area (Å²) in [6.07, 6.45) is 4.36. The summed E-state index contributed by atoms with van der Waals surface area (Å²) >= 11 is 0. The van der Waals surface area contributed by atoms with Crippen molar-refractivity contribution >= 4 is 5.91 Å². The summed E-state index contributed by atoms with van der Waals surface area (Å²) in [6, 6.07) is 0.912. The summed E-state index contributed by atoms with van der Waals surface area (Å²) in [6.45, 7) is 9.49. The molecule has 110 valence electrons. The van der Waals surface area contributed by atoms with Gasteiger partial charge in [-0.05, 0) is 32.2 Å². The molecule has 3 atom stereocenters. The Morgan fingerprint density at radius 3 is 2.74 bits per heavy atom. The second kappa shape index (κ2) is 6.23. The first-order valence-corrected chi connectivity index (χ1v) is 7.78. The highest BCUT2D eigenvalue weighted by atomic mass is 16.2. The van der Waals surface area contributed by atoms with Crippen molar-refractivity contribution in [2.75, 3.05) is 19.6 Å². The number of piperidine rings is 1. The number of nitrogens with zero attached hydrogens (tertiary/aromatic N) is 2. The third-order valence-electron chi connectivity index (χ3n) is 4.77. The van der Waals surface area contributed by atoms with Gasteiger partial charge < -0.3 is 10.6 Å². The molecular formula is C15H29N3O. The van der Waals surface area contributed by atoms with Gasteiger partial charge in [-0.3, -0.25) is 9.69 Å². The molecule has 4 nitrogen and oxygen atoms in total. The molecule has 3 unspecified atom stereocenters. The van der Waals surface area contributed by atoms with E-state index in [1.165, 1.54) is 25.8 Å². The molecule has 2 saturated heterocycles. The fourth-order valence-corrected chi connectivity index (χ4v) is 3.25. The molecule has 0 radical (unpaired) electrons.